The summed E-state index contributed by atoms with van der Waals surface area (Å²) in [6.07, 6.45) is 1.77. The smallest absolute Gasteiger partial charge is 0.146 e. The van der Waals surface area contributed by atoms with Crippen LogP contribution in [0.2, 0.25) is 0 Å². The molecule has 5 heteroatoms. The van der Waals surface area contributed by atoms with Gasteiger partial charge in [-0.1, -0.05) is 18.3 Å². The number of nitrogens with two attached hydrogens (primary N) is 1. The van der Waals surface area contributed by atoms with Gasteiger partial charge in [0, 0.05) is 24.0 Å². The van der Waals surface area contributed by atoms with Gasteiger partial charge in [0.05, 0.1) is 5.69 Å². The summed E-state index contributed by atoms with van der Waals surface area (Å²) in [7, 11) is 0. The molecule has 98 valence electrons. The number of nitrogens with one attached hydrogen (secondary N) is 1. The van der Waals surface area contributed by atoms with Crippen molar-refractivity contribution in [2.45, 2.75) is 13.5 Å². The summed E-state index contributed by atoms with van der Waals surface area (Å²) in [6.45, 7) is 2.43. The topological polar surface area (TPSA) is 50.9 Å². The predicted molar refractivity (Wildman–Crippen MR) is 78.6 cm³/mol. The molecule has 0 saturated carbocycles. The first-order valence-corrected chi connectivity index (χ1v) is 6.22. The third kappa shape index (κ3) is 3.48. The van der Waals surface area contributed by atoms with Crippen molar-refractivity contribution in [3.63, 3.8) is 0 Å². The van der Waals surface area contributed by atoms with Crippen LogP contribution in [0.4, 0.5) is 10.1 Å². The first-order valence-electron chi connectivity index (χ1n) is 5.81. The lowest BCUT2D eigenvalue weighted by Crippen LogP contribution is -2.10. The van der Waals surface area contributed by atoms with Crippen molar-refractivity contribution in [2.75, 3.05) is 5.32 Å². The molecular weight excluding hydrogens is 261 g/mol. The Morgan fingerprint density at radius 3 is 2.74 bits per heavy atom. The summed E-state index contributed by atoms with van der Waals surface area (Å²) >= 11 is 4.80. The number of halogens is 1. The van der Waals surface area contributed by atoms with Crippen LogP contribution in [0.1, 0.15) is 16.8 Å². The van der Waals surface area contributed by atoms with E-state index in [1.165, 1.54) is 6.07 Å². The molecule has 3 N–H and O–H groups in total. The SMILES string of the molecule is Cc1ccc(CNc2ccc(C(N)=S)cc2F)cn1. The first kappa shape index (κ1) is 13.4. The summed E-state index contributed by atoms with van der Waals surface area (Å²) in [5.74, 6) is -0.370. The van der Waals surface area contributed by atoms with Crippen molar-refractivity contribution in [2.24, 2.45) is 5.73 Å². The van der Waals surface area contributed by atoms with Crippen LogP contribution in [-0.2, 0) is 6.54 Å². The molecule has 0 amide bonds. The fourth-order valence-corrected chi connectivity index (χ4v) is 1.74. The Kier molecular flexibility index (Phi) is 4.06. The summed E-state index contributed by atoms with van der Waals surface area (Å²) in [6, 6.07) is 8.53. The van der Waals surface area contributed by atoms with Gasteiger partial charge in [0.15, 0.2) is 0 Å². The maximum absolute atomic E-state index is 13.8. The van der Waals surface area contributed by atoms with E-state index in [0.29, 0.717) is 17.8 Å². The molecule has 0 saturated heterocycles. The number of aromatic nitrogens is 1. The number of pyridine rings is 1. The van der Waals surface area contributed by atoms with Crippen LogP contribution in [0, 0.1) is 12.7 Å². The highest BCUT2D eigenvalue weighted by Crippen LogP contribution is 2.16. The Morgan fingerprint density at radius 1 is 1.37 bits per heavy atom. The first-order chi connectivity index (χ1) is 9.06. The average Bonchev–Trinajstić information content (AvgIpc) is 2.39. The monoisotopic (exact) mass is 275 g/mol. The molecule has 1 aromatic carbocycles. The van der Waals surface area contributed by atoms with Gasteiger partial charge in [-0.05, 0) is 36.8 Å². The fraction of sp³-hybridized carbons (Fsp3) is 0.143. The third-order valence-electron chi connectivity index (χ3n) is 2.71. The number of benzene rings is 1. The molecular formula is C14H14FN3S. The van der Waals surface area contributed by atoms with E-state index in [9.17, 15) is 4.39 Å². The molecule has 1 heterocycles. The number of rotatable bonds is 4. The van der Waals surface area contributed by atoms with E-state index in [2.05, 4.69) is 10.3 Å². The van der Waals surface area contributed by atoms with Crippen LogP contribution in [0.25, 0.3) is 0 Å². The van der Waals surface area contributed by atoms with Crippen LogP contribution in [0.15, 0.2) is 36.5 Å². The van der Waals surface area contributed by atoms with Crippen LogP contribution in [-0.4, -0.2) is 9.97 Å². The molecule has 2 aromatic rings. The highest BCUT2D eigenvalue weighted by Gasteiger charge is 2.05. The second-order valence-corrected chi connectivity index (χ2v) is 4.66. The third-order valence-corrected chi connectivity index (χ3v) is 2.94. The van der Waals surface area contributed by atoms with Crippen molar-refractivity contribution in [1.82, 2.24) is 4.98 Å². The second-order valence-electron chi connectivity index (χ2n) is 4.22. The molecule has 19 heavy (non-hydrogen) atoms. The number of hydrogen-bond donors (Lipinski definition) is 2. The van der Waals surface area contributed by atoms with Gasteiger partial charge in [0.2, 0.25) is 0 Å². The summed E-state index contributed by atoms with van der Waals surface area (Å²) in [4.78, 5) is 4.37. The lowest BCUT2D eigenvalue weighted by atomic mass is 10.2. The second kappa shape index (κ2) is 5.75. The van der Waals surface area contributed by atoms with Crippen LogP contribution in [0.5, 0.6) is 0 Å². The average molecular weight is 275 g/mol. The fourth-order valence-electron chi connectivity index (χ4n) is 1.61. The van der Waals surface area contributed by atoms with Gasteiger partial charge in [-0.2, -0.15) is 0 Å². The van der Waals surface area contributed by atoms with Crippen molar-refractivity contribution >= 4 is 22.9 Å². The largest absolute Gasteiger partial charge is 0.389 e. The number of nitrogens with zero attached hydrogens (tertiary/aromatic N) is 1. The molecule has 0 spiro atoms. The molecule has 0 radical (unpaired) electrons. The highest BCUT2D eigenvalue weighted by atomic mass is 32.1. The zero-order valence-corrected chi connectivity index (χ0v) is 11.3. The molecule has 0 aliphatic rings. The van der Waals surface area contributed by atoms with E-state index in [4.69, 9.17) is 18.0 Å². The lowest BCUT2D eigenvalue weighted by Gasteiger charge is -2.09. The quantitative estimate of drug-likeness (QED) is 0.842. The van der Waals surface area contributed by atoms with Crippen molar-refractivity contribution in [3.8, 4) is 0 Å². The van der Waals surface area contributed by atoms with Gasteiger partial charge in [0.25, 0.3) is 0 Å². The Morgan fingerprint density at radius 2 is 2.16 bits per heavy atom. The maximum Gasteiger partial charge on any atom is 0.146 e. The minimum Gasteiger partial charge on any atom is -0.389 e. The number of hydrogen-bond acceptors (Lipinski definition) is 3. The van der Waals surface area contributed by atoms with E-state index in [-0.39, 0.29) is 10.8 Å². The molecule has 0 unspecified atom stereocenters. The Bertz CT molecular complexity index is 596. The lowest BCUT2D eigenvalue weighted by molar-refractivity contribution is 0.630. The molecule has 0 aliphatic carbocycles. The van der Waals surface area contributed by atoms with Crippen molar-refractivity contribution in [1.29, 1.82) is 0 Å². The van der Waals surface area contributed by atoms with E-state index >= 15 is 0 Å². The summed E-state index contributed by atoms with van der Waals surface area (Å²) in [5.41, 5.74) is 8.33. The van der Waals surface area contributed by atoms with Crippen LogP contribution < -0.4 is 11.1 Å². The molecule has 0 fully saturated rings. The molecule has 2 rings (SSSR count). The molecule has 3 nitrogen and oxygen atoms in total. The minimum atomic E-state index is -0.370. The van der Waals surface area contributed by atoms with Gasteiger partial charge < -0.3 is 11.1 Å². The zero-order chi connectivity index (χ0) is 13.8. The molecule has 0 bridgehead atoms. The van der Waals surface area contributed by atoms with Crippen molar-refractivity contribution in [3.05, 3.63) is 59.2 Å². The van der Waals surface area contributed by atoms with Gasteiger partial charge in [0.1, 0.15) is 10.8 Å². The van der Waals surface area contributed by atoms with E-state index in [0.717, 1.165) is 11.3 Å². The molecule has 0 atom stereocenters. The maximum atomic E-state index is 13.8. The van der Waals surface area contributed by atoms with Gasteiger partial charge in [-0.3, -0.25) is 4.98 Å². The molecule has 1 aromatic heterocycles. The van der Waals surface area contributed by atoms with E-state index in [1.54, 1.807) is 18.3 Å². The predicted octanol–water partition coefficient (Wildman–Crippen LogP) is 2.78. The van der Waals surface area contributed by atoms with E-state index in [1.807, 2.05) is 19.1 Å². The molecule has 0 aliphatic heterocycles. The normalized spacial score (nSPS) is 10.2. The van der Waals surface area contributed by atoms with Crippen LogP contribution >= 0.6 is 12.2 Å². The van der Waals surface area contributed by atoms with E-state index < -0.39 is 0 Å². The zero-order valence-electron chi connectivity index (χ0n) is 10.5. The number of anilines is 1. The van der Waals surface area contributed by atoms with Gasteiger partial charge in [-0.25, -0.2) is 4.39 Å². The van der Waals surface area contributed by atoms with Crippen molar-refractivity contribution < 1.29 is 4.39 Å². The number of thiocarbonyl (C=S) groups is 1. The Hall–Kier alpha value is -2.01. The minimum absolute atomic E-state index is 0.188. The Balaban J connectivity index is 2.07. The van der Waals surface area contributed by atoms with Gasteiger partial charge in [-0.15, -0.1) is 0 Å². The summed E-state index contributed by atoms with van der Waals surface area (Å²) in [5, 5.41) is 3.02. The summed E-state index contributed by atoms with van der Waals surface area (Å²) < 4.78 is 13.8. The Labute approximate surface area is 116 Å². The number of aryl methyl sites for hydroxylation is 1. The highest BCUT2D eigenvalue weighted by molar-refractivity contribution is 7.80. The van der Waals surface area contributed by atoms with Crippen LogP contribution in [0.3, 0.4) is 0 Å². The standard InChI is InChI=1S/C14H14FN3S/c1-9-2-3-10(7-17-9)8-18-13-5-4-11(14(16)19)6-12(13)15/h2-7,18H,8H2,1H3,(H2,16,19). The van der Waals surface area contributed by atoms with Gasteiger partial charge >= 0.3 is 0 Å².